The fraction of sp³-hybridized carbons (Fsp3) is 0.353. The molecule has 0 bridgehead atoms. The molecule has 1 saturated heterocycles. The van der Waals surface area contributed by atoms with Crippen LogP contribution >= 0.6 is 0 Å². The van der Waals surface area contributed by atoms with E-state index in [1.54, 1.807) is 4.90 Å². The van der Waals surface area contributed by atoms with Crippen molar-refractivity contribution in [3.8, 4) is 17.3 Å². The Balaban J connectivity index is 1.23. The van der Waals surface area contributed by atoms with Gasteiger partial charge in [0.25, 0.3) is 5.91 Å². The van der Waals surface area contributed by atoms with Gasteiger partial charge in [-0.05, 0) is 63.1 Å². The molecule has 4 heterocycles. The maximum atomic E-state index is 12.9. The normalized spacial score (nSPS) is 16.8. The fourth-order valence-electron chi connectivity index (χ4n) is 5.53. The van der Waals surface area contributed by atoms with Gasteiger partial charge in [0.2, 0.25) is 5.88 Å². The molecular weight excluding hydrogens is 556 g/mol. The molecule has 1 unspecified atom stereocenters. The van der Waals surface area contributed by atoms with Crippen LogP contribution in [0, 0.1) is 0 Å². The summed E-state index contributed by atoms with van der Waals surface area (Å²) in [5.41, 5.74) is 3.23. The predicted molar refractivity (Wildman–Crippen MR) is 169 cm³/mol. The van der Waals surface area contributed by atoms with Gasteiger partial charge in [-0.3, -0.25) is 4.79 Å². The van der Waals surface area contributed by atoms with Crippen molar-refractivity contribution in [1.29, 1.82) is 0 Å². The summed E-state index contributed by atoms with van der Waals surface area (Å²) in [6.45, 7) is 8.47. The first-order valence-corrected chi connectivity index (χ1v) is 15.0. The first-order chi connectivity index (χ1) is 21.2. The highest BCUT2D eigenvalue weighted by atomic mass is 16.5. The summed E-state index contributed by atoms with van der Waals surface area (Å²) in [4.78, 5) is 31.5. The van der Waals surface area contributed by atoms with E-state index in [1.807, 2.05) is 72.8 Å². The van der Waals surface area contributed by atoms with E-state index >= 15 is 0 Å². The van der Waals surface area contributed by atoms with E-state index in [0.29, 0.717) is 56.9 Å². The predicted octanol–water partition coefficient (Wildman–Crippen LogP) is 4.74. The number of carbonyl (C=O) groups excluding carboxylic acids is 1. The fourth-order valence-corrected chi connectivity index (χ4v) is 5.53. The number of hydrogen-bond donors (Lipinski definition) is 2. The van der Waals surface area contributed by atoms with Crippen LogP contribution in [0.25, 0.3) is 11.4 Å². The van der Waals surface area contributed by atoms with Crippen LogP contribution in [0.3, 0.4) is 0 Å². The van der Waals surface area contributed by atoms with E-state index in [0.717, 1.165) is 40.4 Å². The van der Waals surface area contributed by atoms with E-state index in [-0.39, 0.29) is 11.9 Å². The third kappa shape index (κ3) is 6.66. The summed E-state index contributed by atoms with van der Waals surface area (Å²) in [5, 5.41) is 13.7. The monoisotopic (exact) mass is 594 g/mol. The van der Waals surface area contributed by atoms with Gasteiger partial charge in [0.1, 0.15) is 23.8 Å². The number of carbonyl (C=O) groups is 1. The lowest BCUT2D eigenvalue weighted by atomic mass is 10.0. The average Bonchev–Trinajstić information content (AvgIpc) is 3.03. The second-order valence-corrected chi connectivity index (χ2v) is 11.8. The minimum Gasteiger partial charge on any atom is -0.473 e. The van der Waals surface area contributed by atoms with Gasteiger partial charge in [0.15, 0.2) is 5.82 Å². The Morgan fingerprint density at radius 1 is 1.02 bits per heavy atom. The SMILES string of the molecule is CC1COCCN1c1nc(-c2ccc(Nc3cccc(OCc4ccccc4)n3)cc2)nc2c1CCN(C(=O)C(C)(C)O)C2. The molecule has 0 radical (unpaired) electrons. The highest BCUT2D eigenvalue weighted by molar-refractivity contribution is 5.84. The molecule has 1 fully saturated rings. The van der Waals surface area contributed by atoms with Crippen molar-refractivity contribution in [2.24, 2.45) is 0 Å². The summed E-state index contributed by atoms with van der Waals surface area (Å²) >= 11 is 0. The largest absolute Gasteiger partial charge is 0.473 e. The van der Waals surface area contributed by atoms with Gasteiger partial charge in [-0.25, -0.2) is 9.97 Å². The maximum absolute atomic E-state index is 12.9. The number of morpholine rings is 1. The number of nitrogens with one attached hydrogen (secondary N) is 1. The van der Waals surface area contributed by atoms with Gasteiger partial charge >= 0.3 is 0 Å². The molecule has 2 aliphatic rings. The number of amides is 1. The minimum atomic E-state index is -1.44. The highest BCUT2D eigenvalue weighted by Crippen LogP contribution is 2.32. The number of rotatable bonds is 8. The molecule has 2 aromatic heterocycles. The van der Waals surface area contributed by atoms with E-state index in [4.69, 9.17) is 19.4 Å². The molecular formula is C34H38N6O4. The third-order valence-corrected chi connectivity index (χ3v) is 7.86. The van der Waals surface area contributed by atoms with Crippen molar-refractivity contribution in [3.05, 3.63) is 89.6 Å². The van der Waals surface area contributed by atoms with Gasteiger partial charge in [0, 0.05) is 36.0 Å². The van der Waals surface area contributed by atoms with Gasteiger partial charge in [-0.1, -0.05) is 36.4 Å². The summed E-state index contributed by atoms with van der Waals surface area (Å²) in [6, 6.07) is 23.7. The number of hydrogen-bond acceptors (Lipinski definition) is 9. The quantitative estimate of drug-likeness (QED) is 0.299. The summed E-state index contributed by atoms with van der Waals surface area (Å²) in [6.07, 6.45) is 0.626. The zero-order valence-electron chi connectivity index (χ0n) is 25.4. The van der Waals surface area contributed by atoms with Crippen molar-refractivity contribution in [3.63, 3.8) is 0 Å². The Morgan fingerprint density at radius 2 is 1.82 bits per heavy atom. The number of nitrogens with zero attached hydrogens (tertiary/aromatic N) is 5. The van der Waals surface area contributed by atoms with Crippen LogP contribution in [0.2, 0.25) is 0 Å². The van der Waals surface area contributed by atoms with Crippen molar-refractivity contribution in [2.75, 3.05) is 36.5 Å². The molecule has 4 aromatic rings. The lowest BCUT2D eigenvalue weighted by Crippen LogP contribution is -2.48. The van der Waals surface area contributed by atoms with Crippen LogP contribution < -0.4 is 15.0 Å². The Labute approximate surface area is 257 Å². The molecule has 6 rings (SSSR count). The second kappa shape index (κ2) is 12.6. The third-order valence-electron chi connectivity index (χ3n) is 7.86. The van der Waals surface area contributed by atoms with E-state index in [1.165, 1.54) is 13.8 Å². The van der Waals surface area contributed by atoms with Crippen molar-refractivity contribution in [2.45, 2.75) is 52.0 Å². The Kier molecular flexibility index (Phi) is 8.45. The summed E-state index contributed by atoms with van der Waals surface area (Å²) in [5.74, 6) is 2.41. The Hall–Kier alpha value is -4.54. The molecule has 2 aliphatic heterocycles. The van der Waals surface area contributed by atoms with Crippen LogP contribution in [0.4, 0.5) is 17.3 Å². The smallest absolute Gasteiger partial charge is 0.254 e. The second-order valence-electron chi connectivity index (χ2n) is 11.8. The van der Waals surface area contributed by atoms with E-state index < -0.39 is 5.60 Å². The first-order valence-electron chi connectivity index (χ1n) is 15.0. The number of anilines is 3. The molecule has 1 amide bonds. The van der Waals surface area contributed by atoms with Gasteiger partial charge in [0.05, 0.1) is 31.5 Å². The molecule has 0 saturated carbocycles. The van der Waals surface area contributed by atoms with Gasteiger partial charge < -0.3 is 29.7 Å². The van der Waals surface area contributed by atoms with Gasteiger partial charge in [-0.2, -0.15) is 4.98 Å². The molecule has 1 atom stereocenters. The minimum absolute atomic E-state index is 0.165. The lowest BCUT2D eigenvalue weighted by molar-refractivity contribution is -0.148. The summed E-state index contributed by atoms with van der Waals surface area (Å²) in [7, 11) is 0. The Bertz CT molecular complexity index is 1610. The van der Waals surface area contributed by atoms with Crippen LogP contribution in [0.5, 0.6) is 5.88 Å². The molecule has 0 spiro atoms. The van der Waals surface area contributed by atoms with Crippen molar-refractivity contribution in [1.82, 2.24) is 19.9 Å². The molecule has 0 aliphatic carbocycles. The number of aliphatic hydroxyl groups is 1. The topological polar surface area (TPSA) is 113 Å². The molecule has 228 valence electrons. The molecule has 10 nitrogen and oxygen atoms in total. The number of ether oxygens (including phenoxy) is 2. The van der Waals surface area contributed by atoms with Crippen LogP contribution in [0.1, 0.15) is 37.6 Å². The maximum Gasteiger partial charge on any atom is 0.254 e. The first kappa shape index (κ1) is 29.5. The summed E-state index contributed by atoms with van der Waals surface area (Å²) < 4.78 is 11.6. The van der Waals surface area contributed by atoms with E-state index in [2.05, 4.69) is 22.1 Å². The van der Waals surface area contributed by atoms with Crippen LogP contribution in [0.15, 0.2) is 72.8 Å². The van der Waals surface area contributed by atoms with E-state index in [9.17, 15) is 9.90 Å². The molecule has 2 aromatic carbocycles. The average molecular weight is 595 g/mol. The molecule has 2 N–H and O–H groups in total. The standard InChI is InChI=1S/C34H38N6O4/c1-23-21-43-19-18-40(23)32-27-16-17-39(33(41)34(2,3)42)20-28(27)36-31(38-32)25-12-14-26(15-13-25)35-29-10-7-11-30(37-29)44-22-24-8-5-4-6-9-24/h4-15,23,42H,16-22H2,1-3H3,(H,35,37). The highest BCUT2D eigenvalue weighted by Gasteiger charge is 2.34. The molecule has 44 heavy (non-hydrogen) atoms. The zero-order chi connectivity index (χ0) is 30.7. The van der Waals surface area contributed by atoms with Gasteiger partial charge in [-0.15, -0.1) is 0 Å². The number of benzene rings is 2. The zero-order valence-corrected chi connectivity index (χ0v) is 25.4. The van der Waals surface area contributed by atoms with Crippen LogP contribution in [-0.4, -0.2) is 68.8 Å². The van der Waals surface area contributed by atoms with Crippen LogP contribution in [-0.2, 0) is 29.1 Å². The number of fused-ring (bicyclic) bond motifs is 1. The molecule has 10 heteroatoms. The van der Waals surface area contributed by atoms with Crippen molar-refractivity contribution >= 4 is 23.2 Å². The number of pyridine rings is 1. The lowest BCUT2D eigenvalue weighted by Gasteiger charge is -2.38. The van der Waals surface area contributed by atoms with Crippen molar-refractivity contribution < 1.29 is 19.4 Å². The number of aromatic nitrogens is 3. The Morgan fingerprint density at radius 3 is 2.57 bits per heavy atom.